The highest BCUT2D eigenvalue weighted by atomic mass is 16.5. The molecule has 0 bridgehead atoms. The second-order valence-electron chi connectivity index (χ2n) is 6.58. The smallest absolute Gasteiger partial charge is 0.257 e. The standard InChI is InChI=1S/C23H22N4O4/c1-31-20-9-7-16(8-10-20)13-25-21(28)15-26-22(29)17-4-2-6-19(12-17)27-23(30)18-5-3-11-24-14-18/h2-12,14H,13,15H2,1H3,(H,25,28)(H,26,29)(H,27,30). The predicted molar refractivity (Wildman–Crippen MR) is 116 cm³/mol. The Bertz CT molecular complexity index is 1050. The van der Waals surface area contributed by atoms with Crippen molar-refractivity contribution in [1.29, 1.82) is 0 Å². The number of nitrogens with one attached hydrogen (secondary N) is 3. The number of rotatable bonds is 8. The number of hydrogen-bond donors (Lipinski definition) is 3. The van der Waals surface area contributed by atoms with Crippen LogP contribution < -0.4 is 20.7 Å². The number of methoxy groups -OCH3 is 1. The lowest BCUT2D eigenvalue weighted by Crippen LogP contribution is -2.36. The molecule has 8 nitrogen and oxygen atoms in total. The molecule has 0 aliphatic heterocycles. The van der Waals surface area contributed by atoms with Crippen molar-refractivity contribution in [1.82, 2.24) is 15.6 Å². The minimum Gasteiger partial charge on any atom is -0.497 e. The van der Waals surface area contributed by atoms with Crippen molar-refractivity contribution < 1.29 is 19.1 Å². The van der Waals surface area contributed by atoms with Crippen molar-refractivity contribution in [3.05, 3.63) is 89.7 Å². The van der Waals surface area contributed by atoms with Crippen LogP contribution in [0.3, 0.4) is 0 Å². The largest absolute Gasteiger partial charge is 0.497 e. The molecule has 3 rings (SSSR count). The molecule has 1 heterocycles. The first-order valence-electron chi connectivity index (χ1n) is 9.54. The zero-order valence-electron chi connectivity index (χ0n) is 16.9. The number of ether oxygens (including phenoxy) is 1. The Morgan fingerprint density at radius 3 is 2.39 bits per heavy atom. The van der Waals surface area contributed by atoms with E-state index >= 15 is 0 Å². The molecule has 2 aromatic carbocycles. The van der Waals surface area contributed by atoms with Crippen molar-refractivity contribution in [2.45, 2.75) is 6.54 Å². The van der Waals surface area contributed by atoms with E-state index in [0.29, 0.717) is 23.4 Å². The van der Waals surface area contributed by atoms with Crippen LogP contribution in [0, 0.1) is 0 Å². The molecule has 3 N–H and O–H groups in total. The van der Waals surface area contributed by atoms with Gasteiger partial charge in [0.2, 0.25) is 5.91 Å². The maximum Gasteiger partial charge on any atom is 0.257 e. The number of pyridine rings is 1. The first-order chi connectivity index (χ1) is 15.0. The molecule has 0 saturated carbocycles. The van der Waals surface area contributed by atoms with E-state index in [2.05, 4.69) is 20.9 Å². The summed E-state index contributed by atoms with van der Waals surface area (Å²) in [6, 6.07) is 17.1. The fourth-order valence-electron chi connectivity index (χ4n) is 2.71. The summed E-state index contributed by atoms with van der Waals surface area (Å²) in [7, 11) is 1.59. The van der Waals surface area contributed by atoms with Gasteiger partial charge in [0, 0.05) is 30.2 Å². The molecule has 0 aliphatic rings. The molecule has 0 saturated heterocycles. The van der Waals surface area contributed by atoms with Gasteiger partial charge in [-0.3, -0.25) is 19.4 Å². The van der Waals surface area contributed by atoms with E-state index in [1.807, 2.05) is 24.3 Å². The molecule has 31 heavy (non-hydrogen) atoms. The van der Waals surface area contributed by atoms with Gasteiger partial charge in [-0.25, -0.2) is 0 Å². The van der Waals surface area contributed by atoms with E-state index in [9.17, 15) is 14.4 Å². The fourth-order valence-corrected chi connectivity index (χ4v) is 2.71. The van der Waals surface area contributed by atoms with Crippen LogP contribution in [0.1, 0.15) is 26.3 Å². The van der Waals surface area contributed by atoms with Crippen LogP contribution in [0.4, 0.5) is 5.69 Å². The van der Waals surface area contributed by atoms with Crippen molar-refractivity contribution in [3.8, 4) is 5.75 Å². The summed E-state index contributed by atoms with van der Waals surface area (Å²) in [6.45, 7) is 0.176. The van der Waals surface area contributed by atoms with Gasteiger partial charge in [0.1, 0.15) is 5.75 Å². The van der Waals surface area contributed by atoms with Crippen LogP contribution in [0.2, 0.25) is 0 Å². The van der Waals surface area contributed by atoms with Crippen LogP contribution >= 0.6 is 0 Å². The zero-order chi connectivity index (χ0) is 22.1. The fraction of sp³-hybridized carbons (Fsp3) is 0.130. The normalized spacial score (nSPS) is 10.1. The van der Waals surface area contributed by atoms with E-state index in [0.717, 1.165) is 11.3 Å². The predicted octanol–water partition coefficient (Wildman–Crippen LogP) is 2.39. The molecule has 3 aromatic rings. The number of aromatic nitrogens is 1. The lowest BCUT2D eigenvalue weighted by Gasteiger charge is -2.09. The Labute approximate surface area is 179 Å². The number of carbonyl (C=O) groups excluding carboxylic acids is 3. The Morgan fingerprint density at radius 1 is 0.903 bits per heavy atom. The van der Waals surface area contributed by atoms with Crippen molar-refractivity contribution in [3.63, 3.8) is 0 Å². The summed E-state index contributed by atoms with van der Waals surface area (Å²) in [4.78, 5) is 40.5. The summed E-state index contributed by atoms with van der Waals surface area (Å²) < 4.78 is 5.09. The Hall–Kier alpha value is -4.20. The van der Waals surface area contributed by atoms with Crippen molar-refractivity contribution in [2.24, 2.45) is 0 Å². The Balaban J connectivity index is 1.49. The summed E-state index contributed by atoms with van der Waals surface area (Å²) in [5.74, 6) is -0.327. The molecule has 0 spiro atoms. The molecule has 0 aliphatic carbocycles. The molecular formula is C23H22N4O4. The van der Waals surface area contributed by atoms with Gasteiger partial charge < -0.3 is 20.7 Å². The highest BCUT2D eigenvalue weighted by Gasteiger charge is 2.11. The van der Waals surface area contributed by atoms with Crippen LogP contribution in [0.25, 0.3) is 0 Å². The zero-order valence-corrected chi connectivity index (χ0v) is 16.9. The second kappa shape index (κ2) is 10.5. The van der Waals surface area contributed by atoms with Gasteiger partial charge in [0.25, 0.3) is 11.8 Å². The molecule has 3 amide bonds. The minimum atomic E-state index is -0.419. The van der Waals surface area contributed by atoms with Gasteiger partial charge in [-0.05, 0) is 48.0 Å². The molecular weight excluding hydrogens is 396 g/mol. The number of carbonyl (C=O) groups is 3. The summed E-state index contributed by atoms with van der Waals surface area (Å²) in [5, 5.41) is 8.03. The van der Waals surface area contributed by atoms with E-state index in [-0.39, 0.29) is 18.4 Å². The van der Waals surface area contributed by atoms with Crippen LogP contribution in [-0.4, -0.2) is 36.4 Å². The van der Waals surface area contributed by atoms with E-state index < -0.39 is 5.91 Å². The highest BCUT2D eigenvalue weighted by molar-refractivity contribution is 6.05. The second-order valence-corrected chi connectivity index (χ2v) is 6.58. The average Bonchev–Trinajstić information content (AvgIpc) is 2.82. The minimum absolute atomic E-state index is 0.165. The Kier molecular flexibility index (Phi) is 7.31. The quantitative estimate of drug-likeness (QED) is 0.520. The van der Waals surface area contributed by atoms with E-state index in [1.54, 1.807) is 49.7 Å². The summed E-state index contributed by atoms with van der Waals surface area (Å²) in [6.07, 6.45) is 3.03. The third-order valence-corrected chi connectivity index (χ3v) is 4.36. The number of anilines is 1. The Morgan fingerprint density at radius 2 is 1.68 bits per heavy atom. The van der Waals surface area contributed by atoms with Crippen molar-refractivity contribution in [2.75, 3.05) is 19.0 Å². The number of amides is 3. The maximum absolute atomic E-state index is 12.4. The molecule has 8 heteroatoms. The lowest BCUT2D eigenvalue weighted by molar-refractivity contribution is -0.120. The number of benzene rings is 2. The number of hydrogen-bond acceptors (Lipinski definition) is 5. The first-order valence-corrected chi connectivity index (χ1v) is 9.54. The van der Waals surface area contributed by atoms with Gasteiger partial charge in [-0.15, -0.1) is 0 Å². The number of nitrogens with zero attached hydrogens (tertiary/aromatic N) is 1. The highest BCUT2D eigenvalue weighted by Crippen LogP contribution is 2.13. The van der Waals surface area contributed by atoms with Crippen LogP contribution in [0.5, 0.6) is 5.75 Å². The molecule has 0 unspecified atom stereocenters. The maximum atomic E-state index is 12.4. The molecule has 0 atom stereocenters. The molecule has 0 radical (unpaired) electrons. The van der Waals surface area contributed by atoms with Gasteiger partial charge in [-0.2, -0.15) is 0 Å². The van der Waals surface area contributed by atoms with E-state index in [4.69, 9.17) is 4.74 Å². The summed E-state index contributed by atoms with van der Waals surface area (Å²) >= 11 is 0. The monoisotopic (exact) mass is 418 g/mol. The van der Waals surface area contributed by atoms with Crippen molar-refractivity contribution >= 4 is 23.4 Å². The first kappa shape index (κ1) is 21.5. The summed E-state index contributed by atoms with van der Waals surface area (Å²) in [5.41, 5.74) is 2.11. The van der Waals surface area contributed by atoms with E-state index in [1.165, 1.54) is 6.20 Å². The topological polar surface area (TPSA) is 109 Å². The third kappa shape index (κ3) is 6.40. The lowest BCUT2D eigenvalue weighted by atomic mass is 10.1. The van der Waals surface area contributed by atoms with Gasteiger partial charge >= 0.3 is 0 Å². The van der Waals surface area contributed by atoms with Crippen LogP contribution in [-0.2, 0) is 11.3 Å². The van der Waals surface area contributed by atoms with Gasteiger partial charge in [-0.1, -0.05) is 18.2 Å². The molecule has 1 aromatic heterocycles. The van der Waals surface area contributed by atoms with Crippen LogP contribution in [0.15, 0.2) is 73.1 Å². The van der Waals surface area contributed by atoms with Gasteiger partial charge in [0.15, 0.2) is 0 Å². The third-order valence-electron chi connectivity index (χ3n) is 4.36. The molecule has 0 fully saturated rings. The molecule has 158 valence electrons. The van der Waals surface area contributed by atoms with Gasteiger partial charge in [0.05, 0.1) is 19.2 Å². The average molecular weight is 418 g/mol. The SMILES string of the molecule is COc1ccc(CNC(=O)CNC(=O)c2cccc(NC(=O)c3cccnc3)c2)cc1.